The molecule has 0 aromatic carbocycles. The Balaban J connectivity index is 2.27. The van der Waals surface area contributed by atoms with Gasteiger partial charge in [-0.3, -0.25) is 4.79 Å². The normalized spacial score (nSPS) is 10.6. The van der Waals surface area contributed by atoms with E-state index in [1.165, 1.54) is 11.3 Å². The number of methoxy groups -OCH3 is 1. The number of rotatable bonds is 9. The molecule has 0 fully saturated rings. The second-order valence-electron chi connectivity index (χ2n) is 3.21. The Kier molecular flexibility index (Phi) is 7.90. The Morgan fingerprint density at radius 2 is 2.28 bits per heavy atom. The minimum Gasteiger partial charge on any atom is -0.384 e. The molecule has 1 heterocycles. The summed E-state index contributed by atoms with van der Waals surface area (Å²) in [6.07, 6.45) is 0.333. The lowest BCUT2D eigenvalue weighted by Gasteiger charge is -2.00. The minimum atomic E-state index is -0.104. The molecular weight excluding hydrogens is 274 g/mol. The van der Waals surface area contributed by atoms with Crippen LogP contribution in [-0.2, 0) is 14.3 Å². The van der Waals surface area contributed by atoms with Gasteiger partial charge in [0, 0.05) is 19.5 Å². The van der Waals surface area contributed by atoms with Crippen molar-refractivity contribution < 1.29 is 14.3 Å². The van der Waals surface area contributed by atoms with Crippen molar-refractivity contribution in [3.8, 4) is 0 Å². The average Bonchev–Trinajstić information content (AvgIpc) is 2.77. The average molecular weight is 291 g/mol. The SMILES string of the molecule is CCOCCC(=O)Nc1nnc(SCCOC)s1. The van der Waals surface area contributed by atoms with Crippen molar-refractivity contribution in [2.24, 2.45) is 0 Å². The minimum absolute atomic E-state index is 0.104. The zero-order valence-electron chi connectivity index (χ0n) is 10.5. The van der Waals surface area contributed by atoms with Crippen LogP contribution in [0.5, 0.6) is 0 Å². The molecule has 8 heteroatoms. The van der Waals surface area contributed by atoms with Crippen molar-refractivity contribution in [2.75, 3.05) is 38.0 Å². The van der Waals surface area contributed by atoms with Crippen molar-refractivity contribution in [2.45, 2.75) is 17.7 Å². The Bertz CT molecular complexity index is 360. The van der Waals surface area contributed by atoms with Gasteiger partial charge in [-0.1, -0.05) is 23.1 Å². The molecule has 6 nitrogen and oxygen atoms in total. The van der Waals surface area contributed by atoms with Crippen molar-refractivity contribution in [1.29, 1.82) is 0 Å². The summed E-state index contributed by atoms with van der Waals surface area (Å²) in [5.74, 6) is 0.719. The summed E-state index contributed by atoms with van der Waals surface area (Å²) >= 11 is 2.92. The van der Waals surface area contributed by atoms with E-state index in [2.05, 4.69) is 15.5 Å². The van der Waals surface area contributed by atoms with Crippen LogP contribution in [-0.4, -0.2) is 48.8 Å². The fourth-order valence-corrected chi connectivity index (χ4v) is 2.76. The molecule has 0 saturated heterocycles. The third-order valence-electron chi connectivity index (χ3n) is 1.84. The summed E-state index contributed by atoms with van der Waals surface area (Å²) in [5.41, 5.74) is 0. The molecule has 1 aromatic heterocycles. The predicted molar refractivity (Wildman–Crippen MR) is 72.2 cm³/mol. The lowest BCUT2D eigenvalue weighted by atomic mass is 10.4. The molecule has 0 aliphatic heterocycles. The van der Waals surface area contributed by atoms with E-state index in [0.29, 0.717) is 31.4 Å². The number of amides is 1. The number of nitrogens with zero attached hydrogens (tertiary/aromatic N) is 2. The molecule has 0 radical (unpaired) electrons. The van der Waals surface area contributed by atoms with Crippen LogP contribution in [0.15, 0.2) is 4.34 Å². The van der Waals surface area contributed by atoms with Crippen LogP contribution in [0.25, 0.3) is 0 Å². The molecule has 1 N–H and O–H groups in total. The van der Waals surface area contributed by atoms with Crippen molar-refractivity contribution >= 4 is 34.1 Å². The van der Waals surface area contributed by atoms with E-state index in [9.17, 15) is 4.79 Å². The quantitative estimate of drug-likeness (QED) is 0.423. The van der Waals surface area contributed by atoms with Gasteiger partial charge in [-0.15, -0.1) is 10.2 Å². The first kappa shape index (κ1) is 15.4. The van der Waals surface area contributed by atoms with Gasteiger partial charge in [0.05, 0.1) is 19.6 Å². The van der Waals surface area contributed by atoms with Gasteiger partial charge in [0.2, 0.25) is 11.0 Å². The largest absolute Gasteiger partial charge is 0.384 e. The highest BCUT2D eigenvalue weighted by Crippen LogP contribution is 2.25. The molecule has 0 unspecified atom stereocenters. The molecular formula is C10H17N3O3S2. The van der Waals surface area contributed by atoms with E-state index >= 15 is 0 Å². The highest BCUT2D eigenvalue weighted by molar-refractivity contribution is 8.01. The summed E-state index contributed by atoms with van der Waals surface area (Å²) in [5, 5.41) is 11.1. The second kappa shape index (κ2) is 9.26. The third kappa shape index (κ3) is 6.29. The summed E-state index contributed by atoms with van der Waals surface area (Å²) in [6.45, 7) is 3.61. The monoisotopic (exact) mass is 291 g/mol. The van der Waals surface area contributed by atoms with Crippen LogP contribution in [0, 0.1) is 0 Å². The summed E-state index contributed by atoms with van der Waals surface area (Å²) in [7, 11) is 1.66. The van der Waals surface area contributed by atoms with Gasteiger partial charge < -0.3 is 14.8 Å². The number of hydrogen-bond acceptors (Lipinski definition) is 7. The summed E-state index contributed by atoms with van der Waals surface area (Å²) < 4.78 is 10.9. The molecule has 0 aliphatic carbocycles. The molecule has 0 atom stereocenters. The lowest BCUT2D eigenvalue weighted by molar-refractivity contribution is -0.117. The molecule has 0 bridgehead atoms. The van der Waals surface area contributed by atoms with Crippen LogP contribution in [0.1, 0.15) is 13.3 Å². The highest BCUT2D eigenvalue weighted by Gasteiger charge is 2.08. The van der Waals surface area contributed by atoms with E-state index in [1.54, 1.807) is 18.9 Å². The first-order valence-electron chi connectivity index (χ1n) is 5.59. The Morgan fingerprint density at radius 3 is 3.00 bits per heavy atom. The van der Waals surface area contributed by atoms with Gasteiger partial charge in [-0.25, -0.2) is 0 Å². The maximum absolute atomic E-state index is 11.5. The molecule has 1 aromatic rings. The van der Waals surface area contributed by atoms with Gasteiger partial charge in [-0.2, -0.15) is 0 Å². The number of thioether (sulfide) groups is 1. The second-order valence-corrected chi connectivity index (χ2v) is 5.53. The fourth-order valence-electron chi connectivity index (χ4n) is 1.02. The van der Waals surface area contributed by atoms with E-state index in [-0.39, 0.29) is 5.91 Å². The summed E-state index contributed by atoms with van der Waals surface area (Å²) in [6, 6.07) is 0. The number of aromatic nitrogens is 2. The Labute approximate surface area is 114 Å². The molecule has 1 amide bonds. The predicted octanol–water partition coefficient (Wildman–Crippen LogP) is 1.64. The molecule has 102 valence electrons. The van der Waals surface area contributed by atoms with Crippen molar-refractivity contribution in [1.82, 2.24) is 10.2 Å². The fraction of sp³-hybridized carbons (Fsp3) is 0.700. The van der Waals surface area contributed by atoms with E-state index < -0.39 is 0 Å². The number of hydrogen-bond donors (Lipinski definition) is 1. The Hall–Kier alpha value is -0.700. The van der Waals surface area contributed by atoms with Gasteiger partial charge in [0.25, 0.3) is 0 Å². The number of anilines is 1. The maximum atomic E-state index is 11.5. The zero-order chi connectivity index (χ0) is 13.2. The van der Waals surface area contributed by atoms with Crippen LogP contribution >= 0.6 is 23.1 Å². The lowest BCUT2D eigenvalue weighted by Crippen LogP contribution is -2.13. The van der Waals surface area contributed by atoms with Gasteiger partial charge in [0.1, 0.15) is 0 Å². The zero-order valence-corrected chi connectivity index (χ0v) is 12.1. The van der Waals surface area contributed by atoms with Crippen LogP contribution in [0.4, 0.5) is 5.13 Å². The third-order valence-corrected chi connectivity index (χ3v) is 3.78. The smallest absolute Gasteiger partial charge is 0.228 e. The summed E-state index contributed by atoms with van der Waals surface area (Å²) in [4.78, 5) is 11.5. The number of carbonyl (C=O) groups is 1. The van der Waals surface area contributed by atoms with Crippen LogP contribution in [0.2, 0.25) is 0 Å². The highest BCUT2D eigenvalue weighted by atomic mass is 32.2. The molecule has 1 rings (SSSR count). The molecule has 0 saturated carbocycles. The first-order chi connectivity index (χ1) is 8.76. The van der Waals surface area contributed by atoms with Crippen LogP contribution < -0.4 is 5.32 Å². The molecule has 18 heavy (non-hydrogen) atoms. The first-order valence-corrected chi connectivity index (χ1v) is 7.39. The van der Waals surface area contributed by atoms with E-state index in [1.807, 2.05) is 6.92 Å². The topological polar surface area (TPSA) is 73.3 Å². The van der Waals surface area contributed by atoms with Gasteiger partial charge in [0.15, 0.2) is 4.34 Å². The molecule has 0 spiro atoms. The van der Waals surface area contributed by atoms with Crippen molar-refractivity contribution in [3.63, 3.8) is 0 Å². The van der Waals surface area contributed by atoms with Crippen molar-refractivity contribution in [3.05, 3.63) is 0 Å². The molecule has 0 aliphatic rings. The maximum Gasteiger partial charge on any atom is 0.228 e. The number of nitrogens with one attached hydrogen (secondary N) is 1. The van der Waals surface area contributed by atoms with E-state index in [0.717, 1.165) is 10.1 Å². The van der Waals surface area contributed by atoms with Crippen LogP contribution in [0.3, 0.4) is 0 Å². The van der Waals surface area contributed by atoms with Gasteiger partial charge >= 0.3 is 0 Å². The number of ether oxygens (including phenoxy) is 2. The Morgan fingerprint density at radius 1 is 1.44 bits per heavy atom. The standard InChI is InChI=1S/C10H17N3O3S2/c1-3-16-5-4-8(14)11-9-12-13-10(18-9)17-7-6-15-2/h3-7H2,1-2H3,(H,11,12,14). The van der Waals surface area contributed by atoms with Gasteiger partial charge in [-0.05, 0) is 6.92 Å². The van der Waals surface area contributed by atoms with E-state index in [4.69, 9.17) is 9.47 Å². The number of carbonyl (C=O) groups excluding carboxylic acids is 1.